The maximum absolute atomic E-state index is 10.3. The van der Waals surface area contributed by atoms with E-state index >= 15 is 0 Å². The molecule has 0 aromatic rings. The molecule has 6 heteroatoms. The third-order valence-corrected chi connectivity index (χ3v) is 2.15. The Bertz CT molecular complexity index is 211. The standard InChI is InChI=1S/C7H16O5S/c1-7(6-11-2)12-4-3-5-13(8,9)10/h7H,3-6H2,1-2H3,(H,8,9,10). The molecule has 0 fully saturated rings. The molecule has 1 atom stereocenters. The van der Waals surface area contributed by atoms with E-state index in [-0.39, 0.29) is 11.9 Å². The number of hydrogen-bond donors (Lipinski definition) is 1. The van der Waals surface area contributed by atoms with Gasteiger partial charge in [-0.3, -0.25) is 4.55 Å². The molecule has 80 valence electrons. The lowest BCUT2D eigenvalue weighted by Gasteiger charge is -2.10. The summed E-state index contributed by atoms with van der Waals surface area (Å²) in [6.45, 7) is 2.62. The summed E-state index contributed by atoms with van der Waals surface area (Å²) >= 11 is 0. The predicted octanol–water partition coefficient (Wildman–Crippen LogP) is 0.316. The van der Waals surface area contributed by atoms with Gasteiger partial charge >= 0.3 is 0 Å². The number of methoxy groups -OCH3 is 1. The number of hydrogen-bond acceptors (Lipinski definition) is 4. The van der Waals surface area contributed by atoms with Gasteiger partial charge in [0, 0.05) is 13.7 Å². The summed E-state index contributed by atoms with van der Waals surface area (Å²) in [6.07, 6.45) is 0.249. The average molecular weight is 212 g/mol. The molecular formula is C7H16O5S. The first kappa shape index (κ1) is 12.8. The monoisotopic (exact) mass is 212 g/mol. The Morgan fingerprint density at radius 2 is 2.08 bits per heavy atom. The van der Waals surface area contributed by atoms with E-state index in [4.69, 9.17) is 14.0 Å². The van der Waals surface area contributed by atoms with Gasteiger partial charge in [0.15, 0.2) is 0 Å². The Morgan fingerprint density at radius 3 is 2.54 bits per heavy atom. The molecule has 1 N–H and O–H groups in total. The zero-order valence-corrected chi connectivity index (χ0v) is 8.71. The summed E-state index contributed by atoms with van der Waals surface area (Å²) in [5.74, 6) is -0.257. The van der Waals surface area contributed by atoms with Crippen molar-refractivity contribution in [1.29, 1.82) is 0 Å². The third kappa shape index (κ3) is 9.75. The van der Waals surface area contributed by atoms with Crippen LogP contribution in [0.25, 0.3) is 0 Å². The van der Waals surface area contributed by atoms with Crippen molar-refractivity contribution in [2.24, 2.45) is 0 Å². The van der Waals surface area contributed by atoms with Crippen LogP contribution in [0.2, 0.25) is 0 Å². The summed E-state index contributed by atoms with van der Waals surface area (Å²) < 4.78 is 38.9. The van der Waals surface area contributed by atoms with Crippen molar-refractivity contribution in [1.82, 2.24) is 0 Å². The summed E-state index contributed by atoms with van der Waals surface area (Å²) in [6, 6.07) is 0. The van der Waals surface area contributed by atoms with Crippen LogP contribution in [0.3, 0.4) is 0 Å². The topological polar surface area (TPSA) is 72.8 Å². The Morgan fingerprint density at radius 1 is 1.46 bits per heavy atom. The molecule has 0 bridgehead atoms. The van der Waals surface area contributed by atoms with Gasteiger partial charge in [0.25, 0.3) is 10.1 Å². The molecule has 0 aromatic carbocycles. The third-order valence-electron chi connectivity index (χ3n) is 1.35. The van der Waals surface area contributed by atoms with Gasteiger partial charge in [-0.2, -0.15) is 8.42 Å². The van der Waals surface area contributed by atoms with Crippen LogP contribution in [-0.2, 0) is 19.6 Å². The van der Waals surface area contributed by atoms with Crippen molar-refractivity contribution < 1.29 is 22.4 Å². The molecule has 5 nitrogen and oxygen atoms in total. The lowest BCUT2D eigenvalue weighted by molar-refractivity contribution is 0.00967. The van der Waals surface area contributed by atoms with Gasteiger partial charge in [-0.1, -0.05) is 0 Å². The molecule has 0 spiro atoms. The molecule has 0 aliphatic heterocycles. The molecule has 1 unspecified atom stereocenters. The van der Waals surface area contributed by atoms with Gasteiger partial charge in [-0.15, -0.1) is 0 Å². The number of ether oxygens (including phenoxy) is 2. The quantitative estimate of drug-likeness (QED) is 0.486. The molecule has 0 aliphatic rings. The molecule has 0 aliphatic carbocycles. The predicted molar refractivity (Wildman–Crippen MR) is 48.3 cm³/mol. The first-order valence-electron chi connectivity index (χ1n) is 4.01. The van der Waals surface area contributed by atoms with E-state index in [0.29, 0.717) is 19.6 Å². The van der Waals surface area contributed by atoms with Gasteiger partial charge in [0.2, 0.25) is 0 Å². The first-order valence-corrected chi connectivity index (χ1v) is 5.62. The van der Waals surface area contributed by atoms with Crippen LogP contribution in [0.5, 0.6) is 0 Å². The Hall–Kier alpha value is -0.170. The van der Waals surface area contributed by atoms with Gasteiger partial charge in [0.05, 0.1) is 18.5 Å². The molecule has 0 aromatic heterocycles. The second-order valence-corrected chi connectivity index (χ2v) is 4.35. The molecule has 0 saturated heterocycles. The summed E-state index contributed by atoms with van der Waals surface area (Å²) in [7, 11) is -2.28. The van der Waals surface area contributed by atoms with Crippen molar-refractivity contribution in [3.05, 3.63) is 0 Å². The van der Waals surface area contributed by atoms with Crippen LogP contribution < -0.4 is 0 Å². The lowest BCUT2D eigenvalue weighted by Crippen LogP contribution is -2.17. The first-order chi connectivity index (χ1) is 5.95. The minimum absolute atomic E-state index is 0.0496. The van der Waals surface area contributed by atoms with Crippen LogP contribution >= 0.6 is 0 Å². The van der Waals surface area contributed by atoms with Crippen molar-refractivity contribution in [2.45, 2.75) is 19.4 Å². The minimum Gasteiger partial charge on any atom is -0.382 e. The smallest absolute Gasteiger partial charge is 0.264 e. The highest BCUT2D eigenvalue weighted by Gasteiger charge is 2.05. The van der Waals surface area contributed by atoms with Crippen LogP contribution in [-0.4, -0.2) is 45.2 Å². The average Bonchev–Trinajstić information content (AvgIpc) is 1.97. The molecule has 0 saturated carbocycles. The fourth-order valence-electron chi connectivity index (χ4n) is 0.809. The summed E-state index contributed by atoms with van der Waals surface area (Å²) in [5, 5.41) is 0. The van der Waals surface area contributed by atoms with Crippen molar-refractivity contribution in [3.8, 4) is 0 Å². The molecule has 0 rings (SSSR count). The maximum Gasteiger partial charge on any atom is 0.264 e. The van der Waals surface area contributed by atoms with E-state index < -0.39 is 10.1 Å². The highest BCUT2D eigenvalue weighted by atomic mass is 32.2. The Kier molecular flexibility index (Phi) is 6.23. The highest BCUT2D eigenvalue weighted by molar-refractivity contribution is 7.85. The maximum atomic E-state index is 10.3. The SMILES string of the molecule is COCC(C)OCCCS(=O)(=O)O. The van der Waals surface area contributed by atoms with Gasteiger partial charge < -0.3 is 9.47 Å². The van der Waals surface area contributed by atoms with E-state index in [0.717, 1.165) is 0 Å². The molecular weight excluding hydrogens is 196 g/mol. The van der Waals surface area contributed by atoms with E-state index in [2.05, 4.69) is 0 Å². The second kappa shape index (κ2) is 6.31. The van der Waals surface area contributed by atoms with Crippen LogP contribution in [0.1, 0.15) is 13.3 Å². The summed E-state index contributed by atoms with van der Waals surface area (Å²) in [4.78, 5) is 0. The summed E-state index contributed by atoms with van der Waals surface area (Å²) in [5.41, 5.74) is 0. The fraction of sp³-hybridized carbons (Fsp3) is 1.00. The van der Waals surface area contributed by atoms with Crippen LogP contribution in [0.4, 0.5) is 0 Å². The largest absolute Gasteiger partial charge is 0.382 e. The zero-order valence-electron chi connectivity index (χ0n) is 7.89. The molecule has 0 radical (unpaired) electrons. The van der Waals surface area contributed by atoms with E-state index in [9.17, 15) is 8.42 Å². The van der Waals surface area contributed by atoms with E-state index in [1.54, 1.807) is 7.11 Å². The Labute approximate surface area is 78.8 Å². The van der Waals surface area contributed by atoms with E-state index in [1.165, 1.54) is 0 Å². The number of rotatable bonds is 7. The Balaban J connectivity index is 3.36. The van der Waals surface area contributed by atoms with Gasteiger partial charge in [0.1, 0.15) is 0 Å². The zero-order chi connectivity index (χ0) is 10.3. The molecule has 13 heavy (non-hydrogen) atoms. The van der Waals surface area contributed by atoms with E-state index in [1.807, 2.05) is 6.92 Å². The van der Waals surface area contributed by atoms with Gasteiger partial charge in [-0.05, 0) is 13.3 Å². The highest BCUT2D eigenvalue weighted by Crippen LogP contribution is 1.95. The fourth-order valence-corrected chi connectivity index (χ4v) is 1.29. The van der Waals surface area contributed by atoms with Crippen LogP contribution in [0.15, 0.2) is 0 Å². The minimum atomic E-state index is -3.85. The second-order valence-electron chi connectivity index (χ2n) is 2.78. The van der Waals surface area contributed by atoms with Crippen molar-refractivity contribution >= 4 is 10.1 Å². The lowest BCUT2D eigenvalue weighted by atomic mass is 10.4. The molecule has 0 amide bonds. The molecule has 0 heterocycles. The van der Waals surface area contributed by atoms with Gasteiger partial charge in [-0.25, -0.2) is 0 Å². The normalized spacial score (nSPS) is 14.4. The van der Waals surface area contributed by atoms with Crippen LogP contribution in [0, 0.1) is 0 Å². The van der Waals surface area contributed by atoms with Crippen molar-refractivity contribution in [2.75, 3.05) is 26.1 Å². The van der Waals surface area contributed by atoms with Crippen molar-refractivity contribution in [3.63, 3.8) is 0 Å².